The Balaban J connectivity index is 0.00000154. The van der Waals surface area contributed by atoms with Gasteiger partial charge >= 0.3 is 0 Å². The second-order valence-electron chi connectivity index (χ2n) is 4.40. The highest BCUT2D eigenvalue weighted by Gasteiger charge is 2.16. The van der Waals surface area contributed by atoms with Crippen LogP contribution in [0.25, 0.3) is 0 Å². The van der Waals surface area contributed by atoms with E-state index in [4.69, 9.17) is 5.73 Å². The molecule has 1 heterocycles. The maximum Gasteiger partial charge on any atom is 0.145 e. The Kier molecular flexibility index (Phi) is 8.08. The molecule has 0 amide bonds. The Bertz CT molecular complexity index is 361. The third kappa shape index (κ3) is 6.29. The molecule has 1 aromatic rings. The Morgan fingerprint density at radius 3 is 2.42 bits per heavy atom. The normalized spacial score (nSPS) is 12.1. The van der Waals surface area contributed by atoms with Crippen molar-refractivity contribution < 1.29 is 9.11 Å². The van der Waals surface area contributed by atoms with E-state index in [1.165, 1.54) is 6.26 Å². The van der Waals surface area contributed by atoms with Gasteiger partial charge in [0.15, 0.2) is 0 Å². The zero-order valence-electron chi connectivity index (χ0n) is 12.6. The van der Waals surface area contributed by atoms with Crippen LogP contribution in [0.15, 0.2) is 6.20 Å². The van der Waals surface area contributed by atoms with Gasteiger partial charge in [-0.05, 0) is 18.9 Å². The molecule has 0 aliphatic carbocycles. The highest BCUT2D eigenvalue weighted by atomic mass is 32.3. The summed E-state index contributed by atoms with van der Waals surface area (Å²) in [6.07, 6.45) is 3.92. The molecular formula is C12H28N4O2S. The van der Waals surface area contributed by atoms with Crippen LogP contribution in [0.1, 0.15) is 45.6 Å². The summed E-state index contributed by atoms with van der Waals surface area (Å²) in [6, 6.07) is 0. The van der Waals surface area contributed by atoms with Crippen LogP contribution in [0, 0.1) is 0 Å². The number of nitrogens with zero attached hydrogens (tertiary/aromatic N) is 2. The number of nitrogens with one attached hydrogen (secondary N) is 1. The van der Waals surface area contributed by atoms with Gasteiger partial charge in [-0.2, -0.15) is 5.10 Å². The fraction of sp³-hybridized carbons (Fsp3) is 0.750. The second-order valence-corrected chi connectivity index (χ2v) is 6.28. The van der Waals surface area contributed by atoms with E-state index in [-0.39, 0.29) is 5.92 Å². The molecule has 114 valence electrons. The molecule has 7 heteroatoms. The molecule has 0 saturated carbocycles. The lowest BCUT2D eigenvalue weighted by Gasteiger charge is -2.29. The first kappa shape index (κ1) is 18.2. The lowest BCUT2D eigenvalue weighted by atomic mass is 10.1. The van der Waals surface area contributed by atoms with Crippen molar-refractivity contribution in [2.24, 2.45) is 5.73 Å². The van der Waals surface area contributed by atoms with Gasteiger partial charge in [0.25, 0.3) is 0 Å². The van der Waals surface area contributed by atoms with Crippen LogP contribution in [0.2, 0.25) is 0 Å². The Morgan fingerprint density at radius 2 is 2.00 bits per heavy atom. The molecule has 5 N–H and O–H groups in total. The third-order valence-corrected chi connectivity index (χ3v) is 2.93. The molecule has 0 unspecified atom stereocenters. The number of aromatic nitrogens is 2. The van der Waals surface area contributed by atoms with Gasteiger partial charge in [0.05, 0.1) is 6.20 Å². The van der Waals surface area contributed by atoms with Crippen LogP contribution < -0.4 is 10.5 Å². The highest BCUT2D eigenvalue weighted by Crippen LogP contribution is 2.37. The minimum absolute atomic E-state index is 0.269. The fourth-order valence-electron chi connectivity index (χ4n) is 1.53. The molecule has 1 rings (SSSR count). The van der Waals surface area contributed by atoms with Crippen molar-refractivity contribution in [2.45, 2.75) is 46.6 Å². The van der Waals surface area contributed by atoms with E-state index >= 15 is 0 Å². The number of rotatable bonds is 6. The Labute approximate surface area is 117 Å². The van der Waals surface area contributed by atoms with Crippen LogP contribution in [0.5, 0.6) is 0 Å². The van der Waals surface area contributed by atoms with E-state index in [1.54, 1.807) is 10.9 Å². The summed E-state index contributed by atoms with van der Waals surface area (Å²) in [6.45, 7) is 9.33. The molecule has 0 aliphatic rings. The minimum Gasteiger partial charge on any atom is -0.330 e. The standard InChI is InChI=1S/C10H22N4O2S.C2H6/c1-8(2)9-7-12-14(6-4-5-11)10(9)13-17(3,15)16;1-2/h7-8,13,15-16H,4-6,11H2,1-3H3;1-2H3. The summed E-state index contributed by atoms with van der Waals surface area (Å²) < 4.78 is 23.5. The van der Waals surface area contributed by atoms with Crippen molar-refractivity contribution in [3.8, 4) is 0 Å². The average Bonchev–Trinajstić information content (AvgIpc) is 2.70. The summed E-state index contributed by atoms with van der Waals surface area (Å²) in [4.78, 5) is 0. The zero-order valence-corrected chi connectivity index (χ0v) is 13.4. The predicted octanol–water partition coefficient (Wildman–Crippen LogP) is 3.09. The number of nitrogens with two attached hydrogens (primary N) is 1. The lowest BCUT2D eigenvalue weighted by Crippen LogP contribution is -2.15. The molecule has 1 aromatic heterocycles. The van der Waals surface area contributed by atoms with Crippen LogP contribution in [0.3, 0.4) is 0 Å². The molecule has 0 saturated heterocycles. The first-order chi connectivity index (χ1) is 8.85. The summed E-state index contributed by atoms with van der Waals surface area (Å²) in [7, 11) is -2.79. The maximum absolute atomic E-state index is 9.51. The predicted molar refractivity (Wildman–Crippen MR) is 83.7 cm³/mol. The molecular weight excluding hydrogens is 264 g/mol. The van der Waals surface area contributed by atoms with Crippen molar-refractivity contribution in [3.05, 3.63) is 11.8 Å². The molecule has 0 spiro atoms. The van der Waals surface area contributed by atoms with Gasteiger partial charge in [-0.15, -0.1) is 10.8 Å². The summed E-state index contributed by atoms with van der Waals surface area (Å²) in [5, 5.41) is 4.25. The first-order valence-corrected chi connectivity index (χ1v) is 8.57. The smallest absolute Gasteiger partial charge is 0.145 e. The van der Waals surface area contributed by atoms with Crippen LogP contribution in [-0.2, 0) is 6.54 Å². The lowest BCUT2D eigenvalue weighted by molar-refractivity contribution is 0.500. The number of anilines is 1. The summed E-state index contributed by atoms with van der Waals surface area (Å²) in [5.41, 5.74) is 6.44. The quantitative estimate of drug-likeness (QED) is 0.646. The van der Waals surface area contributed by atoms with Crippen molar-refractivity contribution in [1.82, 2.24) is 9.78 Å². The number of aryl methyl sites for hydroxylation is 1. The van der Waals surface area contributed by atoms with E-state index in [9.17, 15) is 9.11 Å². The molecule has 0 aromatic carbocycles. The van der Waals surface area contributed by atoms with Crippen LogP contribution >= 0.6 is 10.8 Å². The van der Waals surface area contributed by atoms with E-state index in [1.807, 2.05) is 27.7 Å². The molecule has 0 radical (unpaired) electrons. The van der Waals surface area contributed by atoms with Crippen molar-refractivity contribution in [1.29, 1.82) is 0 Å². The van der Waals surface area contributed by atoms with Gasteiger partial charge in [0, 0.05) is 18.4 Å². The maximum atomic E-state index is 9.51. The number of hydrogen-bond acceptors (Lipinski definition) is 5. The average molecular weight is 292 g/mol. The van der Waals surface area contributed by atoms with Crippen molar-refractivity contribution >= 4 is 16.6 Å². The van der Waals surface area contributed by atoms with Gasteiger partial charge in [-0.1, -0.05) is 27.7 Å². The van der Waals surface area contributed by atoms with E-state index in [2.05, 4.69) is 9.82 Å². The van der Waals surface area contributed by atoms with Gasteiger partial charge in [0.2, 0.25) is 0 Å². The first-order valence-electron chi connectivity index (χ1n) is 6.62. The topological polar surface area (TPSA) is 96.3 Å². The molecule has 0 fully saturated rings. The van der Waals surface area contributed by atoms with E-state index < -0.39 is 10.8 Å². The summed E-state index contributed by atoms with van der Waals surface area (Å²) in [5.74, 6) is 0.946. The Morgan fingerprint density at radius 1 is 1.42 bits per heavy atom. The SMILES string of the molecule is CC.CC(C)c1cnn(CCCN)c1NS(C)(O)O. The molecule has 0 bridgehead atoms. The molecule has 0 atom stereocenters. The van der Waals surface area contributed by atoms with Crippen molar-refractivity contribution in [3.63, 3.8) is 0 Å². The monoisotopic (exact) mass is 292 g/mol. The fourth-order valence-corrected chi connectivity index (χ4v) is 2.12. The van der Waals surface area contributed by atoms with Crippen LogP contribution in [0.4, 0.5) is 5.82 Å². The number of hydrogen-bond donors (Lipinski definition) is 4. The Hall–Kier alpha value is -0.760. The third-order valence-electron chi connectivity index (χ3n) is 2.35. The molecule has 0 aliphatic heterocycles. The largest absolute Gasteiger partial charge is 0.330 e. The van der Waals surface area contributed by atoms with Crippen molar-refractivity contribution in [2.75, 3.05) is 17.5 Å². The summed E-state index contributed by atoms with van der Waals surface area (Å²) >= 11 is 0. The van der Waals surface area contributed by atoms with E-state index in [0.29, 0.717) is 18.9 Å². The van der Waals surface area contributed by atoms with Gasteiger partial charge < -0.3 is 5.73 Å². The van der Waals surface area contributed by atoms with Crippen LogP contribution in [-0.4, -0.2) is 31.7 Å². The van der Waals surface area contributed by atoms with E-state index in [0.717, 1.165) is 12.0 Å². The van der Waals surface area contributed by atoms with Gasteiger partial charge in [-0.25, -0.2) is 4.68 Å². The second kappa shape index (κ2) is 8.42. The van der Waals surface area contributed by atoms with Gasteiger partial charge in [0.1, 0.15) is 5.82 Å². The minimum atomic E-state index is -2.79. The van der Waals surface area contributed by atoms with Gasteiger partial charge in [-0.3, -0.25) is 13.8 Å². The molecule has 19 heavy (non-hydrogen) atoms. The zero-order chi connectivity index (χ0) is 15.1. The molecule has 6 nitrogen and oxygen atoms in total. The highest BCUT2D eigenvalue weighted by molar-refractivity contribution is 8.24.